The molecule has 0 aromatic carbocycles. The molecule has 2 rings (SSSR count). The minimum absolute atomic E-state index is 0.0821. The summed E-state index contributed by atoms with van der Waals surface area (Å²) >= 11 is 0. The fourth-order valence-electron chi connectivity index (χ4n) is 1.55. The summed E-state index contributed by atoms with van der Waals surface area (Å²) in [6.45, 7) is 0. The van der Waals surface area contributed by atoms with Gasteiger partial charge in [0, 0.05) is 18.6 Å². The van der Waals surface area contributed by atoms with Crippen molar-refractivity contribution in [3.8, 4) is 0 Å². The van der Waals surface area contributed by atoms with Crippen LogP contribution in [0.25, 0.3) is 11.0 Å². The predicted molar refractivity (Wildman–Crippen MR) is 52.1 cm³/mol. The molecule has 2 aromatic rings. The van der Waals surface area contributed by atoms with Gasteiger partial charge in [-0.15, -0.1) is 0 Å². The van der Waals surface area contributed by atoms with Crippen molar-refractivity contribution in [3.05, 3.63) is 24.0 Å². The predicted octanol–water partition coefficient (Wildman–Crippen LogP) is 0.854. The van der Waals surface area contributed by atoms with Gasteiger partial charge in [-0.1, -0.05) is 0 Å². The Balaban J connectivity index is 2.92. The van der Waals surface area contributed by atoms with Gasteiger partial charge >= 0.3 is 5.97 Å². The van der Waals surface area contributed by atoms with Crippen LogP contribution in [0.4, 0.5) is 5.69 Å². The molecule has 5 heteroatoms. The third-order valence-electron chi connectivity index (χ3n) is 2.19. The molecule has 0 saturated carbocycles. The number of hydrogen-bond donors (Lipinski definition) is 2. The Hall–Kier alpha value is -2.04. The molecule has 14 heavy (non-hydrogen) atoms. The fourth-order valence-corrected chi connectivity index (χ4v) is 1.55. The molecule has 0 atom stereocenters. The molecule has 0 amide bonds. The minimum Gasteiger partial charge on any atom is -0.477 e. The molecule has 2 aromatic heterocycles. The number of carboxylic acids is 1. The average molecular weight is 191 g/mol. The highest BCUT2D eigenvalue weighted by atomic mass is 16.4. The molecule has 0 bridgehead atoms. The van der Waals surface area contributed by atoms with E-state index in [0.717, 1.165) is 0 Å². The topological polar surface area (TPSA) is 81.1 Å². The lowest BCUT2D eigenvalue weighted by Crippen LogP contribution is -2.07. The maximum absolute atomic E-state index is 10.9. The van der Waals surface area contributed by atoms with Gasteiger partial charge in [0.05, 0.1) is 5.69 Å². The van der Waals surface area contributed by atoms with Crippen molar-refractivity contribution in [1.82, 2.24) is 9.55 Å². The third-order valence-corrected chi connectivity index (χ3v) is 2.19. The molecule has 5 nitrogen and oxygen atoms in total. The molecular weight excluding hydrogens is 182 g/mol. The van der Waals surface area contributed by atoms with Gasteiger partial charge in [-0.2, -0.15) is 0 Å². The molecule has 0 aliphatic carbocycles. The highest BCUT2D eigenvalue weighted by Gasteiger charge is 2.18. The number of nitrogens with zero attached hydrogens (tertiary/aromatic N) is 2. The minimum atomic E-state index is -1.04. The van der Waals surface area contributed by atoms with Crippen LogP contribution < -0.4 is 5.73 Å². The van der Waals surface area contributed by atoms with Gasteiger partial charge in [0.25, 0.3) is 0 Å². The van der Waals surface area contributed by atoms with Crippen LogP contribution in [0.3, 0.4) is 0 Å². The highest BCUT2D eigenvalue weighted by molar-refractivity contribution is 6.04. The Kier molecular flexibility index (Phi) is 1.67. The normalized spacial score (nSPS) is 10.6. The zero-order valence-electron chi connectivity index (χ0n) is 7.56. The number of aromatic carboxylic acids is 1. The molecule has 3 N–H and O–H groups in total. The van der Waals surface area contributed by atoms with Crippen LogP contribution in [0.15, 0.2) is 18.3 Å². The standard InChI is InChI=1S/C9H9N3O2/c1-12-7(9(13)14)6(10)5-3-2-4-11-8(5)12/h2-4H,10H2,1H3,(H,13,14). The lowest BCUT2D eigenvalue weighted by molar-refractivity contribution is 0.0688. The van der Waals surface area contributed by atoms with Crippen LogP contribution in [-0.2, 0) is 7.05 Å². The van der Waals surface area contributed by atoms with Crippen molar-refractivity contribution >= 4 is 22.7 Å². The molecule has 0 fully saturated rings. The molecule has 0 spiro atoms. The van der Waals surface area contributed by atoms with Gasteiger partial charge in [0.2, 0.25) is 0 Å². The first kappa shape index (κ1) is 8.55. The van der Waals surface area contributed by atoms with Crippen LogP contribution in [0, 0.1) is 0 Å². The van der Waals surface area contributed by atoms with Crippen molar-refractivity contribution in [1.29, 1.82) is 0 Å². The number of pyridine rings is 1. The number of aromatic nitrogens is 2. The van der Waals surface area contributed by atoms with Crippen LogP contribution in [0.1, 0.15) is 10.5 Å². The molecule has 0 aliphatic rings. The van der Waals surface area contributed by atoms with E-state index in [-0.39, 0.29) is 11.4 Å². The van der Waals surface area contributed by atoms with E-state index in [0.29, 0.717) is 11.0 Å². The number of nitrogens with two attached hydrogens (primary N) is 1. The number of anilines is 1. The van der Waals surface area contributed by atoms with Crippen LogP contribution >= 0.6 is 0 Å². The number of rotatable bonds is 1. The Labute approximate surface area is 79.8 Å². The van der Waals surface area contributed by atoms with Crippen LogP contribution in [0.5, 0.6) is 0 Å². The van der Waals surface area contributed by atoms with Crippen molar-refractivity contribution < 1.29 is 9.90 Å². The molecule has 0 saturated heterocycles. The van der Waals surface area contributed by atoms with E-state index in [2.05, 4.69) is 4.98 Å². The number of carboxylic acid groups (broad SMARTS) is 1. The fraction of sp³-hybridized carbons (Fsp3) is 0.111. The van der Waals surface area contributed by atoms with Gasteiger partial charge in [0.1, 0.15) is 5.65 Å². The smallest absolute Gasteiger partial charge is 0.354 e. The van der Waals surface area contributed by atoms with E-state index in [9.17, 15) is 4.79 Å². The first-order chi connectivity index (χ1) is 6.63. The lowest BCUT2D eigenvalue weighted by Gasteiger charge is -1.97. The Morgan fingerprint density at radius 1 is 1.64 bits per heavy atom. The molecule has 0 aliphatic heterocycles. The maximum Gasteiger partial charge on any atom is 0.354 e. The average Bonchev–Trinajstić information content (AvgIpc) is 2.41. The Morgan fingerprint density at radius 2 is 2.36 bits per heavy atom. The number of fused-ring (bicyclic) bond motifs is 1. The molecule has 72 valence electrons. The molecular formula is C9H9N3O2. The first-order valence-corrected chi connectivity index (χ1v) is 4.05. The number of nitrogen functional groups attached to an aromatic ring is 1. The second-order valence-corrected chi connectivity index (χ2v) is 3.00. The number of carbonyl (C=O) groups is 1. The Morgan fingerprint density at radius 3 is 2.93 bits per heavy atom. The van der Waals surface area contributed by atoms with E-state index in [1.807, 2.05) is 0 Å². The zero-order valence-corrected chi connectivity index (χ0v) is 7.56. The summed E-state index contributed by atoms with van der Waals surface area (Å²) in [6.07, 6.45) is 1.60. The molecule has 0 radical (unpaired) electrons. The summed E-state index contributed by atoms with van der Waals surface area (Å²) < 4.78 is 1.48. The van der Waals surface area contributed by atoms with Crippen molar-refractivity contribution in [2.45, 2.75) is 0 Å². The molecule has 2 heterocycles. The maximum atomic E-state index is 10.9. The van der Waals surface area contributed by atoms with Gasteiger partial charge in [-0.25, -0.2) is 9.78 Å². The summed E-state index contributed by atoms with van der Waals surface area (Å²) in [7, 11) is 1.63. The zero-order chi connectivity index (χ0) is 10.3. The Bertz CT molecular complexity index is 477. The van der Waals surface area contributed by atoms with Gasteiger partial charge < -0.3 is 15.4 Å². The van der Waals surface area contributed by atoms with E-state index in [1.54, 1.807) is 25.4 Å². The van der Waals surface area contributed by atoms with Crippen molar-refractivity contribution in [2.75, 3.05) is 5.73 Å². The van der Waals surface area contributed by atoms with Crippen molar-refractivity contribution in [2.24, 2.45) is 7.05 Å². The van der Waals surface area contributed by atoms with E-state index < -0.39 is 5.97 Å². The highest BCUT2D eigenvalue weighted by Crippen LogP contribution is 2.25. The van der Waals surface area contributed by atoms with Gasteiger partial charge in [-0.05, 0) is 12.1 Å². The third kappa shape index (κ3) is 0.953. The summed E-state index contributed by atoms with van der Waals surface area (Å²) in [4.78, 5) is 14.9. The second-order valence-electron chi connectivity index (χ2n) is 3.00. The van der Waals surface area contributed by atoms with Crippen LogP contribution in [-0.4, -0.2) is 20.6 Å². The summed E-state index contributed by atoms with van der Waals surface area (Å²) in [5, 5.41) is 9.59. The largest absolute Gasteiger partial charge is 0.477 e. The monoisotopic (exact) mass is 191 g/mol. The van der Waals surface area contributed by atoms with Crippen LogP contribution in [0.2, 0.25) is 0 Å². The number of aryl methyl sites for hydroxylation is 1. The van der Waals surface area contributed by atoms with Gasteiger partial charge in [-0.3, -0.25) is 0 Å². The van der Waals surface area contributed by atoms with Gasteiger partial charge in [0.15, 0.2) is 5.69 Å². The summed E-state index contributed by atoms with van der Waals surface area (Å²) in [5.41, 5.74) is 6.63. The SMILES string of the molecule is Cn1c(C(=O)O)c(N)c2cccnc21. The lowest BCUT2D eigenvalue weighted by atomic mass is 10.3. The van der Waals surface area contributed by atoms with E-state index in [4.69, 9.17) is 10.8 Å². The van der Waals surface area contributed by atoms with Crippen molar-refractivity contribution in [3.63, 3.8) is 0 Å². The summed E-state index contributed by atoms with van der Waals surface area (Å²) in [6, 6.07) is 3.48. The first-order valence-electron chi connectivity index (χ1n) is 4.05. The molecule has 0 unspecified atom stereocenters. The summed E-state index contributed by atoms with van der Waals surface area (Å²) in [5.74, 6) is -1.04. The number of hydrogen-bond acceptors (Lipinski definition) is 3. The second kappa shape index (κ2) is 2.73. The van der Waals surface area contributed by atoms with E-state index >= 15 is 0 Å². The van der Waals surface area contributed by atoms with E-state index in [1.165, 1.54) is 4.57 Å². The quantitative estimate of drug-likeness (QED) is 0.700.